The number of para-hydroxylation sites is 1. The predicted molar refractivity (Wildman–Crippen MR) is 158 cm³/mol. The fraction of sp³-hybridized carbons (Fsp3) is 0.387. The maximum Gasteiger partial charge on any atom is 0.306 e. The van der Waals surface area contributed by atoms with Gasteiger partial charge in [-0.05, 0) is 66.8 Å². The number of hydrogen-bond donors (Lipinski definition) is 0. The highest BCUT2D eigenvalue weighted by Crippen LogP contribution is 2.37. The van der Waals surface area contributed by atoms with Gasteiger partial charge in [-0.15, -0.1) is 5.10 Å². The molecule has 0 bridgehead atoms. The van der Waals surface area contributed by atoms with Crippen LogP contribution in [0, 0.1) is 6.92 Å². The second-order valence-corrected chi connectivity index (χ2v) is 12.4. The third kappa shape index (κ3) is 5.71. The van der Waals surface area contributed by atoms with Crippen molar-refractivity contribution in [3.8, 4) is 11.5 Å². The van der Waals surface area contributed by atoms with E-state index in [0.717, 1.165) is 27.8 Å². The summed E-state index contributed by atoms with van der Waals surface area (Å²) >= 11 is 0. The van der Waals surface area contributed by atoms with Crippen molar-refractivity contribution in [2.45, 2.75) is 57.1 Å². The normalized spacial score (nSPS) is 17.2. The van der Waals surface area contributed by atoms with Gasteiger partial charge in [0.1, 0.15) is 33.5 Å². The van der Waals surface area contributed by atoms with E-state index in [2.05, 4.69) is 10.3 Å². The Morgan fingerprint density at radius 1 is 1.12 bits per heavy atom. The van der Waals surface area contributed by atoms with Crippen LogP contribution < -0.4 is 9.47 Å². The topological polar surface area (TPSA) is 113 Å². The fourth-order valence-electron chi connectivity index (χ4n) is 5.42. The van der Waals surface area contributed by atoms with Gasteiger partial charge in [-0.2, -0.15) is 4.31 Å². The minimum atomic E-state index is -3.82. The van der Waals surface area contributed by atoms with E-state index in [-0.39, 0.29) is 43.1 Å². The molecular formula is C31H36N4O6S. The van der Waals surface area contributed by atoms with E-state index in [1.165, 1.54) is 4.31 Å². The number of aromatic nitrogens is 3. The summed E-state index contributed by atoms with van der Waals surface area (Å²) in [6.45, 7) is 6.38. The van der Waals surface area contributed by atoms with Gasteiger partial charge >= 0.3 is 5.97 Å². The molecule has 3 aromatic carbocycles. The number of esters is 1. The molecule has 0 N–H and O–H groups in total. The Kier molecular flexibility index (Phi) is 8.51. The van der Waals surface area contributed by atoms with Crippen LogP contribution in [0.4, 0.5) is 0 Å². The van der Waals surface area contributed by atoms with Gasteiger partial charge in [0, 0.05) is 19.5 Å². The lowest BCUT2D eigenvalue weighted by Gasteiger charge is -2.25. The van der Waals surface area contributed by atoms with E-state index in [0.29, 0.717) is 23.4 Å². The largest absolute Gasteiger partial charge is 0.494 e. The first kappa shape index (κ1) is 29.5. The second kappa shape index (κ2) is 12.1. The minimum Gasteiger partial charge on any atom is -0.494 e. The molecular weight excluding hydrogens is 556 g/mol. The molecule has 0 fully saturated rings. The molecule has 10 nitrogen and oxygen atoms in total. The summed E-state index contributed by atoms with van der Waals surface area (Å²) < 4.78 is 47.9. The van der Waals surface area contributed by atoms with Gasteiger partial charge in [-0.3, -0.25) is 4.79 Å². The monoisotopic (exact) mass is 592 g/mol. The van der Waals surface area contributed by atoms with E-state index in [1.807, 2.05) is 44.2 Å². The summed E-state index contributed by atoms with van der Waals surface area (Å²) in [5.74, 6) is 0.241. The van der Waals surface area contributed by atoms with Crippen molar-refractivity contribution in [3.05, 3.63) is 76.9 Å². The Balaban J connectivity index is 1.57. The zero-order chi connectivity index (χ0) is 30.0. The molecule has 1 aliphatic rings. The number of nitrogens with zero attached hydrogens (tertiary/aromatic N) is 4. The molecule has 42 heavy (non-hydrogen) atoms. The van der Waals surface area contributed by atoms with Crippen molar-refractivity contribution >= 4 is 27.0 Å². The molecule has 0 saturated heterocycles. The van der Waals surface area contributed by atoms with Crippen molar-refractivity contribution in [2.75, 3.05) is 20.3 Å². The third-order valence-electron chi connectivity index (χ3n) is 7.73. The van der Waals surface area contributed by atoms with Gasteiger partial charge in [0.15, 0.2) is 0 Å². The van der Waals surface area contributed by atoms with Gasteiger partial charge in [-0.1, -0.05) is 42.5 Å². The molecule has 0 aliphatic carbocycles. The molecule has 2 atom stereocenters. The highest BCUT2D eigenvalue weighted by molar-refractivity contribution is 7.89. The van der Waals surface area contributed by atoms with Crippen molar-refractivity contribution in [1.29, 1.82) is 0 Å². The van der Waals surface area contributed by atoms with E-state index in [4.69, 9.17) is 14.2 Å². The highest BCUT2D eigenvalue weighted by Gasteiger charge is 2.34. The average Bonchev–Trinajstić information content (AvgIpc) is 3.31. The van der Waals surface area contributed by atoms with Crippen molar-refractivity contribution < 1.29 is 27.4 Å². The van der Waals surface area contributed by atoms with Gasteiger partial charge in [0.2, 0.25) is 10.0 Å². The van der Waals surface area contributed by atoms with Gasteiger partial charge < -0.3 is 14.2 Å². The maximum atomic E-state index is 13.8. The smallest absolute Gasteiger partial charge is 0.306 e. The standard InChI is InChI=1S/C31H36N4O6S/c1-6-24-19-35(42(37,38)29-11-9-8-10-27(29)41-24)18-23-14-21(13-12-20(23)3)25(17-30(36)40-7-2)22-15-26-31(28(16-22)39-5)34(4)33-32-26/h8-16,24-25H,6-7,17-19H2,1-5H3. The molecule has 1 aromatic heterocycles. The first-order valence-electron chi connectivity index (χ1n) is 14.0. The molecule has 4 aromatic rings. The summed E-state index contributed by atoms with van der Waals surface area (Å²) in [6, 6.07) is 16.5. The first-order valence-corrected chi connectivity index (χ1v) is 15.5. The lowest BCUT2D eigenvalue weighted by atomic mass is 9.86. The lowest BCUT2D eigenvalue weighted by Crippen LogP contribution is -2.36. The summed E-state index contributed by atoms with van der Waals surface area (Å²) in [6.07, 6.45) is 0.467. The van der Waals surface area contributed by atoms with Gasteiger partial charge in [0.25, 0.3) is 0 Å². The second-order valence-electron chi connectivity index (χ2n) is 10.4. The summed E-state index contributed by atoms with van der Waals surface area (Å²) in [4.78, 5) is 13.0. The highest BCUT2D eigenvalue weighted by atomic mass is 32.2. The number of carbonyl (C=O) groups is 1. The Morgan fingerprint density at radius 2 is 1.90 bits per heavy atom. The number of benzene rings is 3. The average molecular weight is 593 g/mol. The van der Waals surface area contributed by atoms with Crippen LogP contribution in [0.5, 0.6) is 11.5 Å². The Bertz CT molecular complexity index is 1720. The van der Waals surface area contributed by atoms with Gasteiger partial charge in [0.05, 0.1) is 26.7 Å². The molecule has 2 heterocycles. The predicted octanol–water partition coefficient (Wildman–Crippen LogP) is 4.73. The van der Waals surface area contributed by atoms with Crippen LogP contribution in [0.25, 0.3) is 11.0 Å². The Hall–Kier alpha value is -3.96. The fourth-order valence-corrected chi connectivity index (χ4v) is 6.99. The Morgan fingerprint density at radius 3 is 2.64 bits per heavy atom. The van der Waals surface area contributed by atoms with Crippen molar-refractivity contribution in [1.82, 2.24) is 19.3 Å². The molecule has 222 valence electrons. The van der Waals surface area contributed by atoms with Crippen LogP contribution in [-0.2, 0) is 33.1 Å². The molecule has 0 spiro atoms. The molecule has 11 heteroatoms. The zero-order valence-electron chi connectivity index (χ0n) is 24.5. The van der Waals surface area contributed by atoms with Crippen LogP contribution >= 0.6 is 0 Å². The summed E-state index contributed by atoms with van der Waals surface area (Å²) in [5.41, 5.74) is 4.85. The molecule has 1 aliphatic heterocycles. The van der Waals surface area contributed by atoms with Crippen LogP contribution in [-0.4, -0.2) is 60.1 Å². The molecule has 0 amide bonds. The summed E-state index contributed by atoms with van der Waals surface area (Å²) in [5, 5.41) is 8.41. The molecule has 2 unspecified atom stereocenters. The van der Waals surface area contributed by atoms with E-state index in [1.54, 1.807) is 50.0 Å². The van der Waals surface area contributed by atoms with E-state index in [9.17, 15) is 13.2 Å². The van der Waals surface area contributed by atoms with Crippen LogP contribution in [0.3, 0.4) is 0 Å². The molecule has 0 radical (unpaired) electrons. The number of aryl methyl sites for hydroxylation is 2. The number of ether oxygens (including phenoxy) is 3. The lowest BCUT2D eigenvalue weighted by molar-refractivity contribution is -0.143. The quantitative estimate of drug-likeness (QED) is 0.256. The SMILES string of the molecule is CCOC(=O)CC(c1ccc(C)c(CN2CC(CC)Oc3ccccc3S2(=O)=O)c1)c1cc(OC)c2c(c1)nnn2C. The summed E-state index contributed by atoms with van der Waals surface area (Å²) in [7, 11) is -0.439. The number of rotatable bonds is 9. The van der Waals surface area contributed by atoms with Gasteiger partial charge in [-0.25, -0.2) is 13.1 Å². The first-order chi connectivity index (χ1) is 20.2. The van der Waals surface area contributed by atoms with Crippen molar-refractivity contribution in [2.24, 2.45) is 7.05 Å². The third-order valence-corrected chi connectivity index (χ3v) is 9.58. The van der Waals surface area contributed by atoms with Crippen LogP contribution in [0.1, 0.15) is 54.9 Å². The van der Waals surface area contributed by atoms with Crippen LogP contribution in [0.15, 0.2) is 59.5 Å². The number of methoxy groups -OCH3 is 1. The molecule has 5 rings (SSSR count). The molecule has 0 saturated carbocycles. The Labute approximate surface area is 246 Å². The van der Waals surface area contributed by atoms with Crippen molar-refractivity contribution in [3.63, 3.8) is 0 Å². The zero-order valence-corrected chi connectivity index (χ0v) is 25.3. The van der Waals surface area contributed by atoms with Crippen LogP contribution in [0.2, 0.25) is 0 Å². The number of carbonyl (C=O) groups excluding carboxylic acids is 1. The van der Waals surface area contributed by atoms with E-state index < -0.39 is 15.9 Å². The minimum absolute atomic E-state index is 0.0897. The maximum absolute atomic E-state index is 13.8. The number of sulfonamides is 1. The number of hydrogen-bond acceptors (Lipinski definition) is 8. The van der Waals surface area contributed by atoms with E-state index >= 15 is 0 Å². The number of fused-ring (bicyclic) bond motifs is 2.